The van der Waals surface area contributed by atoms with E-state index in [9.17, 15) is 13.2 Å². The van der Waals surface area contributed by atoms with Gasteiger partial charge in [-0.3, -0.25) is 0 Å². The van der Waals surface area contributed by atoms with E-state index in [1.165, 1.54) is 12.1 Å². The van der Waals surface area contributed by atoms with Crippen molar-refractivity contribution < 1.29 is 17.9 Å². The first-order valence-electron chi connectivity index (χ1n) is 4.42. The van der Waals surface area contributed by atoms with Crippen molar-refractivity contribution in [3.8, 4) is 5.75 Å². The van der Waals surface area contributed by atoms with Crippen LogP contribution in [0.4, 0.5) is 13.2 Å². The average Bonchev–Trinajstić information content (AvgIpc) is 2.18. The molecule has 84 valence electrons. The number of benzene rings is 1. The van der Waals surface area contributed by atoms with Crippen LogP contribution in [0.15, 0.2) is 18.2 Å². The van der Waals surface area contributed by atoms with Crippen molar-refractivity contribution in [2.75, 3.05) is 5.33 Å². The molecule has 0 aliphatic rings. The Kier molecular flexibility index (Phi) is 4.94. The molecule has 5 heteroatoms. The van der Waals surface area contributed by atoms with Gasteiger partial charge in [0.1, 0.15) is 11.6 Å². The molecule has 0 saturated heterocycles. The fourth-order valence-electron chi connectivity index (χ4n) is 1.18. The summed E-state index contributed by atoms with van der Waals surface area (Å²) in [7, 11) is 0. The molecule has 0 aliphatic carbocycles. The second kappa shape index (κ2) is 6.00. The molecule has 0 aromatic heterocycles. The predicted molar refractivity (Wildman–Crippen MR) is 55.1 cm³/mol. The standard InChI is InChI=1S/C10H10BrF3O/c11-5-1-2-7-6-8(15-10(13)14)3-4-9(7)12/h3-4,6,10H,1-2,5H2. The van der Waals surface area contributed by atoms with Gasteiger partial charge in [-0.15, -0.1) is 0 Å². The first-order chi connectivity index (χ1) is 7.13. The smallest absolute Gasteiger partial charge is 0.387 e. The van der Waals surface area contributed by atoms with Crippen molar-refractivity contribution in [3.63, 3.8) is 0 Å². The summed E-state index contributed by atoms with van der Waals surface area (Å²) in [5.74, 6) is -0.395. The summed E-state index contributed by atoms with van der Waals surface area (Å²) in [6.45, 7) is -2.88. The van der Waals surface area contributed by atoms with Crippen molar-refractivity contribution >= 4 is 15.9 Å². The van der Waals surface area contributed by atoms with Crippen LogP contribution in [-0.4, -0.2) is 11.9 Å². The first-order valence-corrected chi connectivity index (χ1v) is 5.55. The maximum atomic E-state index is 13.2. The highest BCUT2D eigenvalue weighted by Crippen LogP contribution is 2.20. The monoisotopic (exact) mass is 282 g/mol. The number of hydrogen-bond acceptors (Lipinski definition) is 1. The minimum Gasteiger partial charge on any atom is -0.435 e. The van der Waals surface area contributed by atoms with Gasteiger partial charge >= 0.3 is 6.61 Å². The Hall–Kier alpha value is -0.710. The zero-order chi connectivity index (χ0) is 11.3. The van der Waals surface area contributed by atoms with Crippen LogP contribution < -0.4 is 4.74 Å². The van der Waals surface area contributed by atoms with Gasteiger partial charge in [0.15, 0.2) is 0 Å². The highest BCUT2D eigenvalue weighted by molar-refractivity contribution is 9.09. The van der Waals surface area contributed by atoms with Gasteiger partial charge in [-0.1, -0.05) is 15.9 Å². The third kappa shape index (κ3) is 4.11. The lowest BCUT2D eigenvalue weighted by atomic mass is 10.1. The molecule has 0 amide bonds. The van der Waals surface area contributed by atoms with Crippen molar-refractivity contribution in [1.82, 2.24) is 0 Å². The number of hydrogen-bond donors (Lipinski definition) is 0. The van der Waals surface area contributed by atoms with Crippen LogP contribution in [0.2, 0.25) is 0 Å². The van der Waals surface area contributed by atoms with Crippen LogP contribution >= 0.6 is 15.9 Å². The molecular weight excluding hydrogens is 273 g/mol. The van der Waals surface area contributed by atoms with E-state index in [0.717, 1.165) is 17.8 Å². The first kappa shape index (κ1) is 12.4. The molecule has 0 heterocycles. The molecule has 1 rings (SSSR count). The molecule has 0 saturated carbocycles. The summed E-state index contributed by atoms with van der Waals surface area (Å²) < 4.78 is 41.1. The molecule has 1 aromatic rings. The minimum absolute atomic E-state index is 0.00373. The van der Waals surface area contributed by atoms with Gasteiger partial charge in [-0.2, -0.15) is 8.78 Å². The van der Waals surface area contributed by atoms with E-state index in [0.29, 0.717) is 12.0 Å². The lowest BCUT2D eigenvalue weighted by Crippen LogP contribution is -2.03. The molecule has 0 fully saturated rings. The largest absolute Gasteiger partial charge is 0.435 e. The normalized spacial score (nSPS) is 10.7. The fourth-order valence-corrected chi connectivity index (χ4v) is 1.46. The van der Waals surface area contributed by atoms with Crippen LogP contribution in [0.3, 0.4) is 0 Å². The third-order valence-electron chi connectivity index (χ3n) is 1.82. The molecule has 0 spiro atoms. The topological polar surface area (TPSA) is 9.23 Å². The summed E-state index contributed by atoms with van der Waals surface area (Å²) >= 11 is 3.22. The summed E-state index contributed by atoms with van der Waals surface area (Å²) in [6.07, 6.45) is 1.24. The summed E-state index contributed by atoms with van der Waals surface area (Å²) in [5.41, 5.74) is 0.396. The van der Waals surface area contributed by atoms with Crippen molar-refractivity contribution in [1.29, 1.82) is 0 Å². The predicted octanol–water partition coefficient (Wildman–Crippen LogP) is 3.75. The second-order valence-electron chi connectivity index (χ2n) is 2.92. The maximum Gasteiger partial charge on any atom is 0.387 e. The zero-order valence-electron chi connectivity index (χ0n) is 7.85. The van der Waals surface area contributed by atoms with Crippen LogP contribution in [-0.2, 0) is 6.42 Å². The number of halogens is 4. The highest BCUT2D eigenvalue weighted by Gasteiger charge is 2.08. The quantitative estimate of drug-likeness (QED) is 0.748. The van der Waals surface area contributed by atoms with E-state index in [1.807, 2.05) is 0 Å². The van der Waals surface area contributed by atoms with Crippen LogP contribution in [0, 0.1) is 5.82 Å². The summed E-state index contributed by atoms with van der Waals surface area (Å²) in [6, 6.07) is 3.64. The molecule has 0 N–H and O–H groups in total. The van der Waals surface area contributed by atoms with Gasteiger partial charge in [0.05, 0.1) is 0 Å². The maximum absolute atomic E-state index is 13.2. The average molecular weight is 283 g/mol. The van der Waals surface area contributed by atoms with Gasteiger partial charge in [0, 0.05) is 5.33 Å². The van der Waals surface area contributed by atoms with E-state index in [1.54, 1.807) is 0 Å². The van der Waals surface area contributed by atoms with Gasteiger partial charge in [0.25, 0.3) is 0 Å². The molecule has 0 unspecified atom stereocenters. The third-order valence-corrected chi connectivity index (χ3v) is 2.38. The van der Waals surface area contributed by atoms with E-state index >= 15 is 0 Å². The molecule has 1 aromatic carbocycles. The summed E-state index contributed by atoms with van der Waals surface area (Å²) in [4.78, 5) is 0. The molecule has 15 heavy (non-hydrogen) atoms. The van der Waals surface area contributed by atoms with Gasteiger partial charge < -0.3 is 4.74 Å². The number of ether oxygens (including phenoxy) is 1. The lowest BCUT2D eigenvalue weighted by Gasteiger charge is -2.07. The summed E-state index contributed by atoms with van der Waals surface area (Å²) in [5, 5.41) is 0.742. The Bertz CT molecular complexity index is 318. The van der Waals surface area contributed by atoms with Gasteiger partial charge in [-0.25, -0.2) is 4.39 Å². The molecule has 0 atom stereocenters. The van der Waals surface area contributed by atoms with Crippen LogP contribution in [0.5, 0.6) is 5.75 Å². The van der Waals surface area contributed by atoms with Crippen LogP contribution in [0.25, 0.3) is 0 Å². The highest BCUT2D eigenvalue weighted by atomic mass is 79.9. The number of rotatable bonds is 5. The molecular formula is C10H10BrF3O. The van der Waals surface area contributed by atoms with E-state index in [4.69, 9.17) is 0 Å². The van der Waals surface area contributed by atoms with Crippen molar-refractivity contribution in [2.45, 2.75) is 19.5 Å². The lowest BCUT2D eigenvalue weighted by molar-refractivity contribution is -0.0499. The molecule has 0 bridgehead atoms. The minimum atomic E-state index is -2.88. The van der Waals surface area contributed by atoms with E-state index in [2.05, 4.69) is 20.7 Å². The van der Waals surface area contributed by atoms with Crippen LogP contribution in [0.1, 0.15) is 12.0 Å². The number of alkyl halides is 3. The van der Waals surface area contributed by atoms with E-state index < -0.39 is 12.4 Å². The zero-order valence-corrected chi connectivity index (χ0v) is 9.44. The Balaban J connectivity index is 2.75. The Morgan fingerprint density at radius 3 is 2.67 bits per heavy atom. The Labute approximate surface area is 94.4 Å². The Morgan fingerprint density at radius 1 is 1.33 bits per heavy atom. The van der Waals surface area contributed by atoms with Gasteiger partial charge in [-0.05, 0) is 36.6 Å². The SMILES string of the molecule is Fc1ccc(OC(F)F)cc1CCCBr. The molecule has 0 aliphatic heterocycles. The molecule has 0 radical (unpaired) electrons. The van der Waals surface area contributed by atoms with E-state index in [-0.39, 0.29) is 5.75 Å². The Morgan fingerprint density at radius 2 is 2.07 bits per heavy atom. The van der Waals surface area contributed by atoms with Crippen molar-refractivity contribution in [3.05, 3.63) is 29.6 Å². The van der Waals surface area contributed by atoms with Gasteiger partial charge in [0.2, 0.25) is 0 Å². The molecule has 1 nitrogen and oxygen atoms in total. The second-order valence-corrected chi connectivity index (χ2v) is 3.72. The fraction of sp³-hybridized carbons (Fsp3) is 0.400. The number of aryl methyl sites for hydroxylation is 1. The van der Waals surface area contributed by atoms with Crippen molar-refractivity contribution in [2.24, 2.45) is 0 Å².